The summed E-state index contributed by atoms with van der Waals surface area (Å²) in [7, 11) is 0. The highest BCUT2D eigenvalue weighted by molar-refractivity contribution is 4.81. The number of ether oxygens (including phenoxy) is 2. The van der Waals surface area contributed by atoms with Gasteiger partial charge >= 0.3 is 0 Å². The van der Waals surface area contributed by atoms with Crippen molar-refractivity contribution in [2.45, 2.75) is 44.8 Å². The van der Waals surface area contributed by atoms with Gasteiger partial charge in [0.2, 0.25) is 0 Å². The second-order valence-corrected chi connectivity index (χ2v) is 4.71. The normalized spacial score (nSPS) is 24.6. The quantitative estimate of drug-likeness (QED) is 0.610. The van der Waals surface area contributed by atoms with Crippen LogP contribution >= 0.6 is 0 Å². The maximum absolute atomic E-state index is 9.28. The molecule has 96 valence electrons. The molecule has 1 saturated heterocycles. The van der Waals surface area contributed by atoms with Gasteiger partial charge < -0.3 is 19.9 Å². The first-order valence-electron chi connectivity index (χ1n) is 6.25. The van der Waals surface area contributed by atoms with Crippen molar-refractivity contribution in [1.29, 1.82) is 0 Å². The fourth-order valence-corrected chi connectivity index (χ4v) is 1.94. The highest BCUT2D eigenvalue weighted by atomic mass is 16.5. The molecule has 1 heterocycles. The molecular formula is C12H25NO3. The van der Waals surface area contributed by atoms with Crippen molar-refractivity contribution >= 4 is 0 Å². The Labute approximate surface area is 98.3 Å². The van der Waals surface area contributed by atoms with Gasteiger partial charge in [-0.15, -0.1) is 0 Å². The standard InChI is InChI=1S/C12H25NO3/c1-3-13-12(2,10-14)6-8-15-9-11-5-4-7-16-11/h11,13-14H,3-10H2,1-2H3. The molecule has 0 bridgehead atoms. The summed E-state index contributed by atoms with van der Waals surface area (Å²) in [6, 6.07) is 0. The molecule has 4 heteroatoms. The molecule has 0 aromatic heterocycles. The molecule has 2 atom stereocenters. The van der Waals surface area contributed by atoms with Crippen molar-refractivity contribution in [2.24, 2.45) is 0 Å². The lowest BCUT2D eigenvalue weighted by Crippen LogP contribution is -2.46. The van der Waals surface area contributed by atoms with Gasteiger partial charge in [-0.25, -0.2) is 0 Å². The number of nitrogens with one attached hydrogen (secondary N) is 1. The van der Waals surface area contributed by atoms with Crippen LogP contribution in [0.15, 0.2) is 0 Å². The molecule has 0 saturated carbocycles. The first kappa shape index (κ1) is 13.9. The van der Waals surface area contributed by atoms with E-state index in [1.807, 2.05) is 13.8 Å². The highest BCUT2D eigenvalue weighted by Crippen LogP contribution is 2.13. The van der Waals surface area contributed by atoms with Gasteiger partial charge in [0.05, 0.1) is 19.3 Å². The predicted molar refractivity (Wildman–Crippen MR) is 63.6 cm³/mol. The van der Waals surface area contributed by atoms with Crippen molar-refractivity contribution in [3.05, 3.63) is 0 Å². The van der Waals surface area contributed by atoms with Gasteiger partial charge in [0.25, 0.3) is 0 Å². The van der Waals surface area contributed by atoms with Gasteiger partial charge in [0.1, 0.15) is 0 Å². The van der Waals surface area contributed by atoms with Crippen molar-refractivity contribution in [2.75, 3.05) is 33.0 Å². The fourth-order valence-electron chi connectivity index (χ4n) is 1.94. The molecule has 0 aromatic carbocycles. The summed E-state index contributed by atoms with van der Waals surface area (Å²) in [5.41, 5.74) is -0.217. The number of rotatable bonds is 8. The largest absolute Gasteiger partial charge is 0.394 e. The summed E-state index contributed by atoms with van der Waals surface area (Å²) in [4.78, 5) is 0. The monoisotopic (exact) mass is 231 g/mol. The zero-order valence-electron chi connectivity index (χ0n) is 10.5. The third kappa shape index (κ3) is 4.78. The summed E-state index contributed by atoms with van der Waals surface area (Å²) >= 11 is 0. The van der Waals surface area contributed by atoms with Crippen LogP contribution in [-0.4, -0.2) is 49.7 Å². The van der Waals surface area contributed by atoms with Gasteiger partial charge in [-0.3, -0.25) is 0 Å². The number of hydrogen-bond donors (Lipinski definition) is 2. The Balaban J connectivity index is 2.08. The topological polar surface area (TPSA) is 50.7 Å². The van der Waals surface area contributed by atoms with E-state index in [1.165, 1.54) is 0 Å². The molecule has 2 unspecified atom stereocenters. The lowest BCUT2D eigenvalue weighted by atomic mass is 10.00. The molecular weight excluding hydrogens is 206 g/mol. The average Bonchev–Trinajstić information content (AvgIpc) is 2.78. The second kappa shape index (κ2) is 7.22. The lowest BCUT2D eigenvalue weighted by molar-refractivity contribution is 0.00768. The van der Waals surface area contributed by atoms with Crippen LogP contribution in [0.25, 0.3) is 0 Å². The van der Waals surface area contributed by atoms with Crippen molar-refractivity contribution in [3.63, 3.8) is 0 Å². The van der Waals surface area contributed by atoms with E-state index in [9.17, 15) is 5.11 Å². The van der Waals surface area contributed by atoms with E-state index in [1.54, 1.807) is 0 Å². The number of hydrogen-bond acceptors (Lipinski definition) is 4. The molecule has 2 N–H and O–H groups in total. The van der Waals surface area contributed by atoms with Crippen molar-refractivity contribution in [1.82, 2.24) is 5.32 Å². The molecule has 0 spiro atoms. The molecule has 1 rings (SSSR count). The Morgan fingerprint density at radius 1 is 1.56 bits per heavy atom. The van der Waals surface area contributed by atoms with E-state index in [0.29, 0.717) is 19.3 Å². The minimum absolute atomic E-state index is 0.143. The van der Waals surface area contributed by atoms with Gasteiger partial charge in [0, 0.05) is 18.8 Å². The van der Waals surface area contributed by atoms with Gasteiger partial charge in [-0.05, 0) is 32.7 Å². The van der Waals surface area contributed by atoms with Gasteiger partial charge in [-0.2, -0.15) is 0 Å². The Hall–Kier alpha value is -0.160. The third-order valence-corrected chi connectivity index (χ3v) is 3.08. The molecule has 4 nitrogen and oxygen atoms in total. The number of likely N-dealkylation sites (N-methyl/N-ethyl adjacent to an activating group) is 1. The Morgan fingerprint density at radius 2 is 2.38 bits per heavy atom. The van der Waals surface area contributed by atoms with E-state index in [2.05, 4.69) is 5.32 Å². The van der Waals surface area contributed by atoms with Crippen LogP contribution in [0.5, 0.6) is 0 Å². The minimum Gasteiger partial charge on any atom is -0.394 e. The summed E-state index contributed by atoms with van der Waals surface area (Å²) in [5, 5.41) is 12.6. The van der Waals surface area contributed by atoms with E-state index < -0.39 is 0 Å². The van der Waals surface area contributed by atoms with E-state index in [4.69, 9.17) is 9.47 Å². The molecule has 0 aromatic rings. The van der Waals surface area contributed by atoms with Crippen LogP contribution in [0.4, 0.5) is 0 Å². The molecule has 16 heavy (non-hydrogen) atoms. The smallest absolute Gasteiger partial charge is 0.0809 e. The fraction of sp³-hybridized carbons (Fsp3) is 1.00. The summed E-state index contributed by atoms with van der Waals surface area (Å²) in [5.74, 6) is 0. The van der Waals surface area contributed by atoms with E-state index >= 15 is 0 Å². The molecule has 1 aliphatic rings. The van der Waals surface area contributed by atoms with Gasteiger partial charge in [0.15, 0.2) is 0 Å². The molecule has 1 fully saturated rings. The second-order valence-electron chi connectivity index (χ2n) is 4.71. The van der Waals surface area contributed by atoms with Crippen LogP contribution in [0.3, 0.4) is 0 Å². The average molecular weight is 231 g/mol. The van der Waals surface area contributed by atoms with Gasteiger partial charge in [-0.1, -0.05) is 6.92 Å². The summed E-state index contributed by atoms with van der Waals surface area (Å²) < 4.78 is 11.1. The summed E-state index contributed by atoms with van der Waals surface area (Å²) in [6.45, 7) is 7.30. The SMILES string of the molecule is CCNC(C)(CO)CCOCC1CCCO1. The Morgan fingerprint density at radius 3 is 2.94 bits per heavy atom. The lowest BCUT2D eigenvalue weighted by Gasteiger charge is -2.28. The zero-order valence-corrected chi connectivity index (χ0v) is 10.5. The maximum Gasteiger partial charge on any atom is 0.0809 e. The number of aliphatic hydroxyl groups is 1. The first-order valence-corrected chi connectivity index (χ1v) is 6.25. The van der Waals surface area contributed by atoms with Crippen molar-refractivity contribution < 1.29 is 14.6 Å². The Kier molecular flexibility index (Phi) is 6.28. The highest BCUT2D eigenvalue weighted by Gasteiger charge is 2.22. The van der Waals surface area contributed by atoms with E-state index in [0.717, 1.165) is 32.4 Å². The van der Waals surface area contributed by atoms with Crippen LogP contribution in [-0.2, 0) is 9.47 Å². The molecule has 0 amide bonds. The molecule has 1 aliphatic heterocycles. The minimum atomic E-state index is -0.217. The van der Waals surface area contributed by atoms with Crippen LogP contribution in [0, 0.1) is 0 Å². The Bertz CT molecular complexity index is 183. The predicted octanol–water partition coefficient (Wildman–Crippen LogP) is 0.933. The van der Waals surface area contributed by atoms with E-state index in [-0.39, 0.29) is 12.1 Å². The van der Waals surface area contributed by atoms with Crippen LogP contribution in [0.2, 0.25) is 0 Å². The third-order valence-electron chi connectivity index (χ3n) is 3.08. The molecule has 0 aliphatic carbocycles. The zero-order chi connectivity index (χ0) is 11.9. The molecule has 0 radical (unpaired) electrons. The first-order chi connectivity index (χ1) is 7.70. The number of aliphatic hydroxyl groups excluding tert-OH is 1. The maximum atomic E-state index is 9.28. The van der Waals surface area contributed by atoms with Crippen molar-refractivity contribution in [3.8, 4) is 0 Å². The van der Waals surface area contributed by atoms with Crippen LogP contribution < -0.4 is 5.32 Å². The summed E-state index contributed by atoms with van der Waals surface area (Å²) in [6.07, 6.45) is 3.38. The van der Waals surface area contributed by atoms with Crippen LogP contribution in [0.1, 0.15) is 33.1 Å².